The number of aliphatic imine (C=N–C) groups is 1. The summed E-state index contributed by atoms with van der Waals surface area (Å²) in [7, 11) is -1.70. The van der Waals surface area contributed by atoms with E-state index in [1.165, 1.54) is 11.4 Å². The Morgan fingerprint density at radius 3 is 2.38 bits per heavy atom. The standard InChI is InChI=1S/C10H19F3N4O2S.HI/c1-14-9(15-4-3-10(11,12)13)16-5-7-17-6-2-8-20(17,18)19;/h2-8H2,1H3,(H2,14,15,16);1H. The van der Waals surface area contributed by atoms with E-state index in [4.69, 9.17) is 0 Å². The molecule has 0 aromatic rings. The molecule has 1 saturated heterocycles. The highest BCUT2D eigenvalue weighted by Gasteiger charge is 2.28. The van der Waals surface area contributed by atoms with Gasteiger partial charge >= 0.3 is 6.18 Å². The van der Waals surface area contributed by atoms with E-state index in [0.29, 0.717) is 19.5 Å². The Kier molecular flexibility index (Phi) is 8.85. The molecule has 1 heterocycles. The van der Waals surface area contributed by atoms with Gasteiger partial charge in [-0.2, -0.15) is 13.2 Å². The summed E-state index contributed by atoms with van der Waals surface area (Å²) in [6, 6.07) is 0. The van der Waals surface area contributed by atoms with E-state index in [0.717, 1.165) is 0 Å². The molecule has 21 heavy (non-hydrogen) atoms. The van der Waals surface area contributed by atoms with Gasteiger partial charge in [-0.15, -0.1) is 24.0 Å². The van der Waals surface area contributed by atoms with Gasteiger partial charge in [0.1, 0.15) is 0 Å². The molecular weight excluding hydrogens is 424 g/mol. The molecule has 0 atom stereocenters. The topological polar surface area (TPSA) is 73.8 Å². The number of nitrogens with zero attached hydrogens (tertiary/aromatic N) is 2. The Hall–Kier alpha value is -0.300. The van der Waals surface area contributed by atoms with E-state index in [2.05, 4.69) is 15.6 Å². The first-order valence-corrected chi connectivity index (χ1v) is 7.84. The molecule has 1 aliphatic heterocycles. The molecule has 1 fully saturated rings. The number of hydrogen-bond donors (Lipinski definition) is 2. The third-order valence-electron chi connectivity index (χ3n) is 2.78. The third-order valence-corrected chi connectivity index (χ3v) is 4.74. The summed E-state index contributed by atoms with van der Waals surface area (Å²) in [6.45, 7) is 0.794. The van der Waals surface area contributed by atoms with Crippen LogP contribution in [0.1, 0.15) is 12.8 Å². The van der Waals surface area contributed by atoms with Crippen LogP contribution >= 0.6 is 24.0 Å². The molecule has 1 aliphatic rings. The number of hydrogen-bond acceptors (Lipinski definition) is 3. The van der Waals surface area contributed by atoms with Crippen molar-refractivity contribution in [2.75, 3.05) is 39.0 Å². The fraction of sp³-hybridized carbons (Fsp3) is 0.900. The van der Waals surface area contributed by atoms with Crippen LogP contribution in [0.4, 0.5) is 13.2 Å². The molecule has 0 aromatic heterocycles. The molecule has 126 valence electrons. The zero-order chi connectivity index (χ0) is 15.2. The molecule has 0 amide bonds. The van der Waals surface area contributed by atoms with Crippen molar-refractivity contribution in [3.63, 3.8) is 0 Å². The summed E-state index contributed by atoms with van der Waals surface area (Å²) in [6.07, 6.45) is -4.55. The first-order chi connectivity index (χ1) is 9.24. The van der Waals surface area contributed by atoms with Gasteiger partial charge in [-0.3, -0.25) is 4.99 Å². The second-order valence-corrected chi connectivity index (χ2v) is 6.45. The number of guanidine groups is 1. The van der Waals surface area contributed by atoms with Crippen molar-refractivity contribution in [3.8, 4) is 0 Å². The van der Waals surface area contributed by atoms with Gasteiger partial charge in [-0.1, -0.05) is 0 Å². The van der Waals surface area contributed by atoms with Crippen LogP contribution in [-0.4, -0.2) is 63.8 Å². The van der Waals surface area contributed by atoms with Crippen molar-refractivity contribution < 1.29 is 21.6 Å². The summed E-state index contributed by atoms with van der Waals surface area (Å²) in [5, 5.41) is 5.31. The lowest BCUT2D eigenvalue weighted by Crippen LogP contribution is -2.42. The molecule has 2 N–H and O–H groups in total. The number of halogens is 4. The van der Waals surface area contributed by atoms with Crippen LogP contribution in [0.25, 0.3) is 0 Å². The van der Waals surface area contributed by atoms with Crippen LogP contribution < -0.4 is 10.6 Å². The molecule has 11 heteroatoms. The average molecular weight is 444 g/mol. The normalized spacial score (nSPS) is 19.1. The Morgan fingerprint density at radius 2 is 1.90 bits per heavy atom. The van der Waals surface area contributed by atoms with Gasteiger partial charge in [0.25, 0.3) is 0 Å². The van der Waals surface area contributed by atoms with E-state index in [-0.39, 0.29) is 48.8 Å². The van der Waals surface area contributed by atoms with E-state index < -0.39 is 22.6 Å². The molecule has 0 aliphatic carbocycles. The van der Waals surface area contributed by atoms with Crippen LogP contribution in [0.3, 0.4) is 0 Å². The molecule has 0 aromatic carbocycles. The number of sulfonamides is 1. The second-order valence-electron chi connectivity index (χ2n) is 4.36. The summed E-state index contributed by atoms with van der Waals surface area (Å²) in [4.78, 5) is 3.77. The minimum absolute atomic E-state index is 0. The number of nitrogens with one attached hydrogen (secondary N) is 2. The average Bonchev–Trinajstić information content (AvgIpc) is 2.65. The predicted octanol–water partition coefficient (Wildman–Crippen LogP) is 0.757. The maximum atomic E-state index is 12.0. The SMILES string of the molecule is CN=C(NCCN1CCCS1(=O)=O)NCCC(F)(F)F.I. The van der Waals surface area contributed by atoms with E-state index in [1.807, 2.05) is 0 Å². The maximum Gasteiger partial charge on any atom is 0.390 e. The van der Waals surface area contributed by atoms with Crippen molar-refractivity contribution in [2.45, 2.75) is 19.0 Å². The molecule has 1 rings (SSSR count). The Labute approximate surface area is 139 Å². The summed E-state index contributed by atoms with van der Waals surface area (Å²) in [5.74, 6) is 0.386. The zero-order valence-electron chi connectivity index (χ0n) is 11.6. The van der Waals surface area contributed by atoms with Crippen molar-refractivity contribution in [2.24, 2.45) is 4.99 Å². The highest BCUT2D eigenvalue weighted by molar-refractivity contribution is 14.0. The molecule has 0 spiro atoms. The first-order valence-electron chi connectivity index (χ1n) is 6.24. The van der Waals surface area contributed by atoms with Crippen LogP contribution in [0.2, 0.25) is 0 Å². The van der Waals surface area contributed by atoms with Crippen molar-refractivity contribution in [1.82, 2.24) is 14.9 Å². The summed E-state index contributed by atoms with van der Waals surface area (Å²) < 4.78 is 60.3. The van der Waals surface area contributed by atoms with Crippen LogP contribution in [-0.2, 0) is 10.0 Å². The van der Waals surface area contributed by atoms with Gasteiger partial charge in [0.2, 0.25) is 10.0 Å². The lowest BCUT2D eigenvalue weighted by molar-refractivity contribution is -0.132. The minimum atomic E-state index is -4.21. The predicted molar refractivity (Wildman–Crippen MR) is 85.4 cm³/mol. The Morgan fingerprint density at radius 1 is 1.29 bits per heavy atom. The quantitative estimate of drug-likeness (QED) is 0.373. The zero-order valence-corrected chi connectivity index (χ0v) is 14.8. The molecule has 0 unspecified atom stereocenters. The largest absolute Gasteiger partial charge is 0.390 e. The molecule has 0 saturated carbocycles. The van der Waals surface area contributed by atoms with Crippen LogP contribution in [0.5, 0.6) is 0 Å². The Balaban J connectivity index is 0.00000400. The van der Waals surface area contributed by atoms with Gasteiger partial charge in [0.15, 0.2) is 5.96 Å². The van der Waals surface area contributed by atoms with Crippen molar-refractivity contribution in [1.29, 1.82) is 0 Å². The fourth-order valence-corrected chi connectivity index (χ4v) is 3.31. The monoisotopic (exact) mass is 444 g/mol. The van der Waals surface area contributed by atoms with Gasteiger partial charge in [-0.25, -0.2) is 12.7 Å². The lowest BCUT2D eigenvalue weighted by Gasteiger charge is -2.16. The molecule has 6 nitrogen and oxygen atoms in total. The Bertz CT molecular complexity index is 442. The van der Waals surface area contributed by atoms with Gasteiger partial charge in [-0.05, 0) is 6.42 Å². The summed E-state index contributed by atoms with van der Waals surface area (Å²) in [5.41, 5.74) is 0. The first kappa shape index (κ1) is 20.7. The number of rotatable bonds is 5. The lowest BCUT2D eigenvalue weighted by atomic mass is 10.4. The summed E-state index contributed by atoms with van der Waals surface area (Å²) >= 11 is 0. The second kappa shape index (κ2) is 8.98. The van der Waals surface area contributed by atoms with Crippen molar-refractivity contribution in [3.05, 3.63) is 0 Å². The molecule has 0 bridgehead atoms. The fourth-order valence-electron chi connectivity index (χ4n) is 1.78. The van der Waals surface area contributed by atoms with Crippen LogP contribution in [0, 0.1) is 0 Å². The van der Waals surface area contributed by atoms with Crippen LogP contribution in [0.15, 0.2) is 4.99 Å². The minimum Gasteiger partial charge on any atom is -0.356 e. The smallest absolute Gasteiger partial charge is 0.356 e. The molecular formula is C10H20F3IN4O2S. The van der Waals surface area contributed by atoms with E-state index in [1.54, 1.807) is 0 Å². The third kappa shape index (κ3) is 8.04. The maximum absolute atomic E-state index is 12.0. The van der Waals surface area contributed by atoms with Crippen molar-refractivity contribution >= 4 is 40.0 Å². The van der Waals surface area contributed by atoms with E-state index >= 15 is 0 Å². The van der Waals surface area contributed by atoms with E-state index in [9.17, 15) is 21.6 Å². The van der Waals surface area contributed by atoms with Gasteiger partial charge < -0.3 is 10.6 Å². The van der Waals surface area contributed by atoms with Gasteiger partial charge in [0.05, 0.1) is 12.2 Å². The highest BCUT2D eigenvalue weighted by Crippen LogP contribution is 2.18. The highest BCUT2D eigenvalue weighted by atomic mass is 127. The van der Waals surface area contributed by atoms with Gasteiger partial charge in [0, 0.05) is 33.2 Å². The molecule has 0 radical (unpaired) electrons. The number of alkyl halides is 3.